The monoisotopic (exact) mass is 386 g/mol. The minimum absolute atomic E-state index is 0.0728. The van der Waals surface area contributed by atoms with Gasteiger partial charge >= 0.3 is 5.97 Å². The van der Waals surface area contributed by atoms with Gasteiger partial charge < -0.3 is 10.0 Å². The number of rotatable bonds is 5. The van der Waals surface area contributed by atoms with Crippen molar-refractivity contribution >= 4 is 27.7 Å². The Balaban J connectivity index is 1.94. The third-order valence-electron chi connectivity index (χ3n) is 3.48. The zero-order valence-electron chi connectivity index (χ0n) is 12.9. The number of hydrogen-bond acceptors (Lipinski definition) is 4. The molecule has 3 aromatic rings. The first-order valence-electron chi connectivity index (χ1n) is 7.26. The maximum Gasteiger partial charge on any atom is 0.360 e. The van der Waals surface area contributed by atoms with Crippen molar-refractivity contribution in [2.75, 3.05) is 11.9 Å². The van der Waals surface area contributed by atoms with Gasteiger partial charge in [0.25, 0.3) is 0 Å². The van der Waals surface area contributed by atoms with Gasteiger partial charge in [0.2, 0.25) is 5.69 Å². The van der Waals surface area contributed by atoms with E-state index in [1.807, 2.05) is 54.6 Å². The fraction of sp³-hybridized carbons (Fsp3) is 0.118. The van der Waals surface area contributed by atoms with E-state index in [2.05, 4.69) is 26.1 Å². The second-order valence-electron chi connectivity index (χ2n) is 5.28. The highest BCUT2D eigenvalue weighted by molar-refractivity contribution is 9.10. The van der Waals surface area contributed by atoms with E-state index in [4.69, 9.17) is 0 Å². The van der Waals surface area contributed by atoms with Crippen LogP contribution in [0.1, 0.15) is 16.1 Å². The number of halogens is 1. The molecule has 7 heteroatoms. The quantitative estimate of drug-likeness (QED) is 0.727. The summed E-state index contributed by atoms with van der Waals surface area (Å²) in [5.74, 6) is -0.775. The summed E-state index contributed by atoms with van der Waals surface area (Å²) < 4.78 is 0.929. The number of carboxylic acids is 1. The average Bonchev–Trinajstić information content (AvgIpc) is 3.02. The van der Waals surface area contributed by atoms with Crippen molar-refractivity contribution in [2.45, 2.75) is 6.54 Å². The second kappa shape index (κ2) is 6.84. The molecule has 0 aliphatic heterocycles. The summed E-state index contributed by atoms with van der Waals surface area (Å²) in [6, 6.07) is 17.1. The zero-order valence-corrected chi connectivity index (χ0v) is 14.5. The van der Waals surface area contributed by atoms with E-state index in [0.29, 0.717) is 18.1 Å². The van der Waals surface area contributed by atoms with Gasteiger partial charge in [0, 0.05) is 18.1 Å². The number of aromatic nitrogens is 3. The fourth-order valence-electron chi connectivity index (χ4n) is 2.32. The minimum atomic E-state index is -1.10. The van der Waals surface area contributed by atoms with E-state index < -0.39 is 5.97 Å². The predicted molar refractivity (Wildman–Crippen MR) is 94.6 cm³/mol. The second-order valence-corrected chi connectivity index (χ2v) is 6.20. The van der Waals surface area contributed by atoms with E-state index in [-0.39, 0.29) is 5.69 Å². The Morgan fingerprint density at radius 3 is 2.42 bits per heavy atom. The smallest absolute Gasteiger partial charge is 0.360 e. The topological polar surface area (TPSA) is 71.2 Å². The first-order valence-corrected chi connectivity index (χ1v) is 8.05. The van der Waals surface area contributed by atoms with Crippen molar-refractivity contribution in [2.24, 2.45) is 0 Å². The Hall–Kier alpha value is -2.67. The van der Waals surface area contributed by atoms with Crippen LogP contribution in [0.4, 0.5) is 5.82 Å². The van der Waals surface area contributed by atoms with Crippen molar-refractivity contribution in [3.8, 4) is 5.69 Å². The van der Waals surface area contributed by atoms with Crippen molar-refractivity contribution in [3.63, 3.8) is 0 Å². The summed E-state index contributed by atoms with van der Waals surface area (Å²) in [5.41, 5.74) is 1.69. The van der Waals surface area contributed by atoms with E-state index in [9.17, 15) is 9.90 Å². The van der Waals surface area contributed by atoms with Crippen LogP contribution in [0.15, 0.2) is 59.1 Å². The molecule has 122 valence electrons. The largest absolute Gasteiger partial charge is 0.476 e. The van der Waals surface area contributed by atoms with Crippen LogP contribution in [0, 0.1) is 0 Å². The molecule has 0 unspecified atom stereocenters. The Kier molecular flexibility index (Phi) is 4.61. The van der Waals surface area contributed by atoms with E-state index >= 15 is 0 Å². The van der Waals surface area contributed by atoms with Crippen LogP contribution in [0.2, 0.25) is 0 Å². The number of hydrogen-bond donors (Lipinski definition) is 1. The number of carbonyl (C=O) groups is 1. The molecular weight excluding hydrogens is 372 g/mol. The SMILES string of the molecule is CN(Cc1ccccc1)c1nn(-c2ccc(Br)cc2)nc1C(=O)O. The number of anilines is 1. The Morgan fingerprint density at radius 2 is 1.79 bits per heavy atom. The first kappa shape index (κ1) is 16.2. The van der Waals surface area contributed by atoms with Gasteiger partial charge in [-0.3, -0.25) is 0 Å². The molecule has 0 atom stereocenters. The number of carboxylic acid groups (broad SMARTS) is 1. The molecular formula is C17H15BrN4O2. The molecule has 0 saturated carbocycles. The third-order valence-corrected chi connectivity index (χ3v) is 4.01. The standard InChI is InChI=1S/C17H15BrN4O2/c1-21(11-12-5-3-2-4-6-12)16-15(17(23)24)19-22(20-16)14-9-7-13(18)8-10-14/h2-10H,11H2,1H3,(H,23,24). The predicted octanol–water partition coefficient (Wildman–Crippen LogP) is 3.36. The van der Waals surface area contributed by atoms with E-state index in [0.717, 1.165) is 10.0 Å². The summed E-state index contributed by atoms with van der Waals surface area (Å²) in [5, 5.41) is 17.9. The van der Waals surface area contributed by atoms with Gasteiger partial charge in [-0.1, -0.05) is 46.3 Å². The molecule has 1 N–H and O–H groups in total. The maximum absolute atomic E-state index is 11.5. The molecule has 0 aliphatic rings. The first-order chi connectivity index (χ1) is 11.5. The van der Waals surface area contributed by atoms with Crippen molar-refractivity contribution < 1.29 is 9.90 Å². The van der Waals surface area contributed by atoms with Gasteiger partial charge in [-0.15, -0.1) is 15.0 Å². The minimum Gasteiger partial charge on any atom is -0.476 e. The van der Waals surface area contributed by atoms with Gasteiger partial charge in [0.15, 0.2) is 5.82 Å². The number of benzene rings is 2. The lowest BCUT2D eigenvalue weighted by molar-refractivity contribution is 0.0690. The maximum atomic E-state index is 11.5. The lowest BCUT2D eigenvalue weighted by Crippen LogP contribution is -2.19. The molecule has 1 heterocycles. The van der Waals surface area contributed by atoms with Gasteiger partial charge in [0.05, 0.1) is 5.69 Å². The van der Waals surface area contributed by atoms with Crippen molar-refractivity contribution in [3.05, 3.63) is 70.3 Å². The lowest BCUT2D eigenvalue weighted by atomic mass is 10.2. The summed E-state index contributed by atoms with van der Waals surface area (Å²) in [6.45, 7) is 0.542. The lowest BCUT2D eigenvalue weighted by Gasteiger charge is -2.16. The van der Waals surface area contributed by atoms with Crippen LogP contribution in [0.25, 0.3) is 5.69 Å². The van der Waals surface area contributed by atoms with Crippen LogP contribution in [-0.2, 0) is 6.54 Å². The van der Waals surface area contributed by atoms with Gasteiger partial charge in [-0.05, 0) is 29.8 Å². The van der Waals surface area contributed by atoms with Crippen LogP contribution < -0.4 is 4.90 Å². The fourth-order valence-corrected chi connectivity index (χ4v) is 2.58. The van der Waals surface area contributed by atoms with Gasteiger partial charge in [0.1, 0.15) is 0 Å². The molecule has 6 nitrogen and oxygen atoms in total. The molecule has 0 radical (unpaired) electrons. The summed E-state index contributed by atoms with van der Waals surface area (Å²) in [4.78, 5) is 14.6. The van der Waals surface area contributed by atoms with Crippen LogP contribution >= 0.6 is 15.9 Å². The summed E-state index contributed by atoms with van der Waals surface area (Å²) >= 11 is 3.37. The molecule has 24 heavy (non-hydrogen) atoms. The summed E-state index contributed by atoms with van der Waals surface area (Å²) in [6.07, 6.45) is 0. The highest BCUT2D eigenvalue weighted by Crippen LogP contribution is 2.20. The normalized spacial score (nSPS) is 10.6. The molecule has 0 spiro atoms. The Labute approximate surface area is 147 Å². The molecule has 2 aromatic carbocycles. The summed E-state index contributed by atoms with van der Waals surface area (Å²) in [7, 11) is 1.80. The molecule has 0 fully saturated rings. The highest BCUT2D eigenvalue weighted by Gasteiger charge is 2.21. The molecule has 0 saturated heterocycles. The van der Waals surface area contributed by atoms with Crippen molar-refractivity contribution in [1.29, 1.82) is 0 Å². The van der Waals surface area contributed by atoms with E-state index in [1.165, 1.54) is 4.80 Å². The average molecular weight is 387 g/mol. The molecule has 0 aliphatic carbocycles. The van der Waals surface area contributed by atoms with E-state index in [1.54, 1.807) is 11.9 Å². The number of nitrogens with zero attached hydrogens (tertiary/aromatic N) is 4. The molecule has 0 bridgehead atoms. The highest BCUT2D eigenvalue weighted by atomic mass is 79.9. The number of aromatic carboxylic acids is 1. The van der Waals surface area contributed by atoms with Crippen LogP contribution in [0.3, 0.4) is 0 Å². The van der Waals surface area contributed by atoms with Gasteiger partial charge in [-0.25, -0.2) is 4.79 Å². The van der Waals surface area contributed by atoms with Crippen molar-refractivity contribution in [1.82, 2.24) is 15.0 Å². The Morgan fingerprint density at radius 1 is 1.12 bits per heavy atom. The zero-order chi connectivity index (χ0) is 17.1. The van der Waals surface area contributed by atoms with Crippen LogP contribution in [-0.4, -0.2) is 33.1 Å². The molecule has 3 rings (SSSR count). The third kappa shape index (κ3) is 3.46. The molecule has 0 amide bonds. The Bertz CT molecular complexity index is 847. The molecule has 1 aromatic heterocycles. The van der Waals surface area contributed by atoms with Crippen LogP contribution in [0.5, 0.6) is 0 Å². The van der Waals surface area contributed by atoms with Gasteiger partial charge in [-0.2, -0.15) is 0 Å².